The molecule has 0 aliphatic heterocycles. The van der Waals surface area contributed by atoms with Crippen LogP contribution in [0.1, 0.15) is 31.4 Å². The Balaban J connectivity index is 2.10. The predicted octanol–water partition coefficient (Wildman–Crippen LogP) is 3.81. The fraction of sp³-hybridized carbons (Fsp3) is 0.455. The van der Waals surface area contributed by atoms with E-state index in [1.807, 2.05) is 18.2 Å². The van der Waals surface area contributed by atoms with Gasteiger partial charge in [0.25, 0.3) is 0 Å². The van der Waals surface area contributed by atoms with Crippen LogP contribution >= 0.6 is 23.2 Å². The van der Waals surface area contributed by atoms with Gasteiger partial charge >= 0.3 is 0 Å². The minimum absolute atomic E-state index is 0.359. The number of nitrogens with one attached hydrogen (secondary N) is 1. The lowest BCUT2D eigenvalue weighted by molar-refractivity contribution is 0.571. The molecule has 1 atom stereocenters. The molecule has 1 aromatic rings. The van der Waals surface area contributed by atoms with Gasteiger partial charge < -0.3 is 5.32 Å². The maximum atomic E-state index is 5.95. The summed E-state index contributed by atoms with van der Waals surface area (Å²) in [6.07, 6.45) is 2.59. The molecule has 1 nitrogen and oxygen atoms in total. The molecule has 1 saturated carbocycles. The van der Waals surface area contributed by atoms with E-state index in [0.717, 1.165) is 0 Å². The van der Waals surface area contributed by atoms with Gasteiger partial charge in [0, 0.05) is 12.1 Å². The highest BCUT2D eigenvalue weighted by Gasteiger charge is 2.23. The molecular formula is C11H13Cl2N. The normalized spacial score (nSPS) is 18.2. The Morgan fingerprint density at radius 2 is 2.00 bits per heavy atom. The first kappa shape index (κ1) is 10.3. The first-order valence-electron chi connectivity index (χ1n) is 4.88. The molecule has 0 bridgehead atoms. The van der Waals surface area contributed by atoms with Crippen molar-refractivity contribution in [2.75, 3.05) is 0 Å². The Bertz CT molecular complexity index is 334. The lowest BCUT2D eigenvalue weighted by Crippen LogP contribution is -2.20. The molecule has 76 valence electrons. The second kappa shape index (κ2) is 4.09. The van der Waals surface area contributed by atoms with E-state index < -0.39 is 0 Å². The zero-order valence-corrected chi connectivity index (χ0v) is 9.57. The van der Waals surface area contributed by atoms with Gasteiger partial charge in [-0.2, -0.15) is 0 Å². The molecule has 0 aromatic heterocycles. The largest absolute Gasteiger partial charge is 0.307 e. The summed E-state index contributed by atoms with van der Waals surface area (Å²) in [5.41, 5.74) is 1.20. The van der Waals surface area contributed by atoms with Crippen LogP contribution < -0.4 is 5.32 Å². The van der Waals surface area contributed by atoms with Crippen molar-refractivity contribution in [2.45, 2.75) is 31.8 Å². The van der Waals surface area contributed by atoms with Gasteiger partial charge in [-0.05, 0) is 37.5 Å². The molecule has 0 heterocycles. The van der Waals surface area contributed by atoms with Crippen molar-refractivity contribution in [3.63, 3.8) is 0 Å². The Morgan fingerprint density at radius 1 is 1.29 bits per heavy atom. The standard InChI is InChI=1S/C11H13Cl2N/c1-7(14-9-3-4-9)8-2-5-10(12)11(13)6-8/h2,5-7,9,14H,3-4H2,1H3. The summed E-state index contributed by atoms with van der Waals surface area (Å²) in [4.78, 5) is 0. The molecule has 3 heteroatoms. The summed E-state index contributed by atoms with van der Waals surface area (Å²) in [6.45, 7) is 2.15. The van der Waals surface area contributed by atoms with Gasteiger partial charge in [-0.3, -0.25) is 0 Å². The maximum absolute atomic E-state index is 5.95. The minimum atomic E-state index is 0.359. The topological polar surface area (TPSA) is 12.0 Å². The fourth-order valence-electron chi connectivity index (χ4n) is 1.48. The molecule has 14 heavy (non-hydrogen) atoms. The van der Waals surface area contributed by atoms with E-state index in [9.17, 15) is 0 Å². The van der Waals surface area contributed by atoms with Crippen molar-refractivity contribution in [1.29, 1.82) is 0 Å². The highest BCUT2D eigenvalue weighted by atomic mass is 35.5. The average Bonchev–Trinajstić information content (AvgIpc) is 2.93. The SMILES string of the molecule is CC(NC1CC1)c1ccc(Cl)c(Cl)c1. The third-order valence-electron chi connectivity index (χ3n) is 2.51. The maximum Gasteiger partial charge on any atom is 0.0595 e. The highest BCUT2D eigenvalue weighted by Crippen LogP contribution is 2.28. The summed E-state index contributed by atoms with van der Waals surface area (Å²) >= 11 is 11.8. The smallest absolute Gasteiger partial charge is 0.0595 e. The molecule has 1 aliphatic carbocycles. The van der Waals surface area contributed by atoms with Crippen LogP contribution in [0, 0.1) is 0 Å². The van der Waals surface area contributed by atoms with Gasteiger partial charge in [0.2, 0.25) is 0 Å². The Morgan fingerprint density at radius 3 is 2.57 bits per heavy atom. The van der Waals surface area contributed by atoms with Crippen LogP contribution in [0.3, 0.4) is 0 Å². The molecule has 1 aliphatic rings. The van der Waals surface area contributed by atoms with E-state index >= 15 is 0 Å². The number of hydrogen-bond donors (Lipinski definition) is 1. The highest BCUT2D eigenvalue weighted by molar-refractivity contribution is 6.42. The van der Waals surface area contributed by atoms with Crippen molar-refractivity contribution < 1.29 is 0 Å². The van der Waals surface area contributed by atoms with Gasteiger partial charge in [-0.1, -0.05) is 29.3 Å². The molecule has 1 aromatic carbocycles. The number of hydrogen-bond acceptors (Lipinski definition) is 1. The zero-order valence-electron chi connectivity index (χ0n) is 8.06. The van der Waals surface area contributed by atoms with Gasteiger partial charge in [0.1, 0.15) is 0 Å². The van der Waals surface area contributed by atoms with E-state index in [0.29, 0.717) is 22.1 Å². The van der Waals surface area contributed by atoms with Crippen LogP contribution in [-0.4, -0.2) is 6.04 Å². The molecule has 0 radical (unpaired) electrons. The van der Waals surface area contributed by atoms with Gasteiger partial charge in [-0.25, -0.2) is 0 Å². The van der Waals surface area contributed by atoms with E-state index in [1.54, 1.807) is 0 Å². The van der Waals surface area contributed by atoms with Crippen LogP contribution in [-0.2, 0) is 0 Å². The van der Waals surface area contributed by atoms with Gasteiger partial charge in [0.15, 0.2) is 0 Å². The molecule has 2 rings (SSSR count). The number of rotatable bonds is 3. The van der Waals surface area contributed by atoms with Crippen LogP contribution in [0.5, 0.6) is 0 Å². The van der Waals surface area contributed by atoms with Crippen LogP contribution in [0.2, 0.25) is 10.0 Å². The van der Waals surface area contributed by atoms with Crippen molar-refractivity contribution >= 4 is 23.2 Å². The number of benzene rings is 1. The summed E-state index contributed by atoms with van der Waals surface area (Å²) in [7, 11) is 0. The Hall–Kier alpha value is -0.240. The van der Waals surface area contributed by atoms with Crippen LogP contribution in [0.4, 0.5) is 0 Å². The third-order valence-corrected chi connectivity index (χ3v) is 3.25. The minimum Gasteiger partial charge on any atom is -0.307 e. The lowest BCUT2D eigenvalue weighted by Gasteiger charge is -2.14. The molecule has 0 saturated heterocycles. The van der Waals surface area contributed by atoms with E-state index in [4.69, 9.17) is 23.2 Å². The van der Waals surface area contributed by atoms with Crippen molar-refractivity contribution in [1.82, 2.24) is 5.32 Å². The van der Waals surface area contributed by atoms with E-state index in [2.05, 4.69) is 12.2 Å². The van der Waals surface area contributed by atoms with Gasteiger partial charge in [0.05, 0.1) is 10.0 Å². The lowest BCUT2D eigenvalue weighted by atomic mass is 10.1. The van der Waals surface area contributed by atoms with Gasteiger partial charge in [-0.15, -0.1) is 0 Å². The monoisotopic (exact) mass is 229 g/mol. The third kappa shape index (κ3) is 2.41. The van der Waals surface area contributed by atoms with E-state index in [-0.39, 0.29) is 0 Å². The van der Waals surface area contributed by atoms with Crippen molar-refractivity contribution in [2.24, 2.45) is 0 Å². The van der Waals surface area contributed by atoms with Crippen molar-refractivity contribution in [3.05, 3.63) is 33.8 Å². The first-order valence-corrected chi connectivity index (χ1v) is 5.63. The molecule has 1 unspecified atom stereocenters. The summed E-state index contributed by atoms with van der Waals surface area (Å²) < 4.78 is 0. The first-order chi connectivity index (χ1) is 6.66. The molecule has 0 spiro atoms. The Kier molecular flexibility index (Phi) is 3.01. The average molecular weight is 230 g/mol. The van der Waals surface area contributed by atoms with Crippen molar-refractivity contribution in [3.8, 4) is 0 Å². The van der Waals surface area contributed by atoms with Crippen LogP contribution in [0.25, 0.3) is 0 Å². The second-order valence-electron chi connectivity index (χ2n) is 3.84. The van der Waals surface area contributed by atoms with E-state index in [1.165, 1.54) is 18.4 Å². The quantitative estimate of drug-likeness (QED) is 0.832. The molecule has 1 fully saturated rings. The number of halogens is 2. The second-order valence-corrected chi connectivity index (χ2v) is 4.65. The van der Waals surface area contributed by atoms with Crippen LogP contribution in [0.15, 0.2) is 18.2 Å². The fourth-order valence-corrected chi connectivity index (χ4v) is 1.79. The molecule has 1 N–H and O–H groups in total. The molecular weight excluding hydrogens is 217 g/mol. The summed E-state index contributed by atoms with van der Waals surface area (Å²) in [6, 6.07) is 6.87. The Labute approximate surface area is 94.4 Å². The zero-order chi connectivity index (χ0) is 10.1. The summed E-state index contributed by atoms with van der Waals surface area (Å²) in [5.74, 6) is 0. The molecule has 0 amide bonds. The summed E-state index contributed by atoms with van der Waals surface area (Å²) in [5, 5.41) is 4.77. The predicted molar refractivity (Wildman–Crippen MR) is 61.0 cm³/mol.